The van der Waals surface area contributed by atoms with Gasteiger partial charge in [0.2, 0.25) is 0 Å². The normalized spacial score (nSPS) is 21.3. The highest BCUT2D eigenvalue weighted by Gasteiger charge is 2.18. The maximum Gasteiger partial charge on any atom is 0.271 e. The highest BCUT2D eigenvalue weighted by Crippen LogP contribution is 2.15. The largest absolute Gasteiger partial charge is 0.349 e. The number of nitrogens with one attached hydrogen (secondary N) is 2. The Kier molecular flexibility index (Phi) is 8.91. The second kappa shape index (κ2) is 10.1. The molecular weight excluding hydrogens is 337 g/mol. The van der Waals surface area contributed by atoms with E-state index >= 15 is 0 Å². The minimum atomic E-state index is -0.0586. The van der Waals surface area contributed by atoms with E-state index in [1.807, 2.05) is 16.9 Å². The van der Waals surface area contributed by atoms with Gasteiger partial charge in [-0.05, 0) is 51.4 Å². The second-order valence-electron chi connectivity index (χ2n) is 5.99. The standard InChI is InChI=1S/C15H25N5O.2ClH/c21-15(17-7-11-19-8-1-2-9-19)14-5-10-20(18-14)13-4-3-6-16-12-13;;/h5,10,13,16H,1-4,6-9,11-12H2,(H,17,21);2*1H. The number of halogens is 2. The van der Waals surface area contributed by atoms with E-state index in [1.54, 1.807) is 0 Å². The van der Waals surface area contributed by atoms with Gasteiger partial charge in [0.05, 0.1) is 6.04 Å². The smallest absolute Gasteiger partial charge is 0.271 e. The summed E-state index contributed by atoms with van der Waals surface area (Å²) < 4.78 is 1.93. The molecule has 3 rings (SSSR count). The molecule has 23 heavy (non-hydrogen) atoms. The van der Waals surface area contributed by atoms with Crippen molar-refractivity contribution in [1.82, 2.24) is 25.3 Å². The molecule has 0 spiro atoms. The lowest BCUT2D eigenvalue weighted by molar-refractivity contribution is 0.0943. The van der Waals surface area contributed by atoms with Gasteiger partial charge in [0.1, 0.15) is 5.69 Å². The van der Waals surface area contributed by atoms with Crippen molar-refractivity contribution in [3.8, 4) is 0 Å². The first-order valence-corrected chi connectivity index (χ1v) is 8.09. The molecule has 1 atom stereocenters. The fourth-order valence-corrected chi connectivity index (χ4v) is 3.15. The average molecular weight is 364 g/mol. The van der Waals surface area contributed by atoms with Crippen LogP contribution < -0.4 is 10.6 Å². The van der Waals surface area contributed by atoms with E-state index in [1.165, 1.54) is 32.4 Å². The Balaban J connectivity index is 0.00000132. The molecule has 0 bridgehead atoms. The van der Waals surface area contributed by atoms with Crippen LogP contribution in [0, 0.1) is 0 Å². The summed E-state index contributed by atoms with van der Waals surface area (Å²) in [5.41, 5.74) is 0.530. The fourth-order valence-electron chi connectivity index (χ4n) is 3.15. The number of likely N-dealkylation sites (tertiary alicyclic amines) is 1. The number of hydrogen-bond donors (Lipinski definition) is 2. The Bertz CT molecular complexity index is 470. The van der Waals surface area contributed by atoms with Crippen LogP contribution in [0.4, 0.5) is 0 Å². The van der Waals surface area contributed by atoms with E-state index in [0.717, 1.165) is 26.1 Å². The molecule has 2 fully saturated rings. The fraction of sp³-hybridized carbons (Fsp3) is 0.733. The van der Waals surface area contributed by atoms with E-state index in [0.29, 0.717) is 18.3 Å². The molecule has 2 aliphatic rings. The number of carbonyl (C=O) groups excluding carboxylic acids is 1. The number of hydrogen-bond acceptors (Lipinski definition) is 4. The Morgan fingerprint density at radius 2 is 2.09 bits per heavy atom. The molecule has 1 aromatic heterocycles. The lowest BCUT2D eigenvalue weighted by Crippen LogP contribution is -2.34. The lowest BCUT2D eigenvalue weighted by atomic mass is 10.1. The summed E-state index contributed by atoms with van der Waals surface area (Å²) in [6, 6.07) is 2.20. The number of nitrogens with zero attached hydrogens (tertiary/aromatic N) is 3. The molecule has 3 heterocycles. The molecule has 6 nitrogen and oxygen atoms in total. The van der Waals surface area contributed by atoms with Gasteiger partial charge in [-0.15, -0.1) is 24.8 Å². The summed E-state index contributed by atoms with van der Waals surface area (Å²) in [5, 5.41) is 10.8. The third-order valence-electron chi connectivity index (χ3n) is 4.40. The minimum absolute atomic E-state index is 0. The van der Waals surface area contributed by atoms with Crippen LogP contribution >= 0.6 is 24.8 Å². The molecule has 0 saturated carbocycles. The summed E-state index contributed by atoms with van der Waals surface area (Å²) in [4.78, 5) is 14.5. The Morgan fingerprint density at radius 1 is 1.30 bits per heavy atom. The highest BCUT2D eigenvalue weighted by molar-refractivity contribution is 5.92. The summed E-state index contributed by atoms with van der Waals surface area (Å²) in [6.45, 7) is 6.01. The van der Waals surface area contributed by atoms with Gasteiger partial charge in [-0.1, -0.05) is 0 Å². The molecule has 2 aliphatic heterocycles. The lowest BCUT2D eigenvalue weighted by Gasteiger charge is -2.22. The molecule has 2 N–H and O–H groups in total. The Labute approximate surface area is 150 Å². The van der Waals surface area contributed by atoms with Gasteiger partial charge in [0.15, 0.2) is 0 Å². The number of rotatable bonds is 5. The van der Waals surface area contributed by atoms with Crippen molar-refractivity contribution in [3.05, 3.63) is 18.0 Å². The van der Waals surface area contributed by atoms with Crippen molar-refractivity contribution >= 4 is 30.7 Å². The van der Waals surface area contributed by atoms with Gasteiger partial charge in [0, 0.05) is 25.8 Å². The van der Waals surface area contributed by atoms with Crippen molar-refractivity contribution in [2.75, 3.05) is 39.3 Å². The first-order valence-electron chi connectivity index (χ1n) is 8.09. The van der Waals surface area contributed by atoms with Crippen LogP contribution in [0.25, 0.3) is 0 Å². The monoisotopic (exact) mass is 363 g/mol. The van der Waals surface area contributed by atoms with Crippen molar-refractivity contribution in [2.45, 2.75) is 31.7 Å². The maximum atomic E-state index is 12.1. The van der Waals surface area contributed by atoms with E-state index in [-0.39, 0.29) is 30.7 Å². The Morgan fingerprint density at radius 3 is 2.78 bits per heavy atom. The van der Waals surface area contributed by atoms with Gasteiger partial charge < -0.3 is 15.5 Å². The van der Waals surface area contributed by atoms with Crippen molar-refractivity contribution < 1.29 is 4.79 Å². The van der Waals surface area contributed by atoms with Gasteiger partial charge in [0.25, 0.3) is 5.91 Å². The van der Waals surface area contributed by atoms with E-state index in [9.17, 15) is 4.79 Å². The predicted octanol–water partition coefficient (Wildman–Crippen LogP) is 1.48. The zero-order chi connectivity index (χ0) is 14.5. The first-order chi connectivity index (χ1) is 10.3. The second-order valence-corrected chi connectivity index (χ2v) is 5.99. The Hall–Kier alpha value is -0.820. The zero-order valence-corrected chi connectivity index (χ0v) is 15.0. The average Bonchev–Trinajstić information content (AvgIpc) is 3.20. The van der Waals surface area contributed by atoms with Gasteiger partial charge in [-0.2, -0.15) is 5.10 Å². The summed E-state index contributed by atoms with van der Waals surface area (Å²) in [5.74, 6) is -0.0586. The van der Waals surface area contributed by atoms with Crippen molar-refractivity contribution in [3.63, 3.8) is 0 Å². The number of aromatic nitrogens is 2. The van der Waals surface area contributed by atoms with Crippen LogP contribution in [0.5, 0.6) is 0 Å². The predicted molar refractivity (Wildman–Crippen MR) is 95.9 cm³/mol. The third-order valence-corrected chi connectivity index (χ3v) is 4.40. The van der Waals surface area contributed by atoms with Crippen LogP contribution in [-0.4, -0.2) is 59.9 Å². The maximum absolute atomic E-state index is 12.1. The summed E-state index contributed by atoms with van der Waals surface area (Å²) in [7, 11) is 0. The van der Waals surface area contributed by atoms with E-state index < -0.39 is 0 Å². The topological polar surface area (TPSA) is 62.2 Å². The molecule has 8 heteroatoms. The molecule has 0 radical (unpaired) electrons. The molecule has 0 aliphatic carbocycles. The minimum Gasteiger partial charge on any atom is -0.349 e. The van der Waals surface area contributed by atoms with Gasteiger partial charge >= 0.3 is 0 Å². The van der Waals surface area contributed by atoms with E-state index in [4.69, 9.17) is 0 Å². The number of amides is 1. The van der Waals surface area contributed by atoms with Crippen LogP contribution in [-0.2, 0) is 0 Å². The quantitative estimate of drug-likeness (QED) is 0.831. The molecule has 2 saturated heterocycles. The SMILES string of the molecule is Cl.Cl.O=C(NCCN1CCCC1)c1ccn(C2CCCNC2)n1. The summed E-state index contributed by atoms with van der Waals surface area (Å²) >= 11 is 0. The molecule has 1 aromatic rings. The molecular formula is C15H27Cl2N5O. The molecule has 132 valence electrons. The van der Waals surface area contributed by atoms with Crippen molar-refractivity contribution in [1.29, 1.82) is 0 Å². The highest BCUT2D eigenvalue weighted by atomic mass is 35.5. The summed E-state index contributed by atoms with van der Waals surface area (Å²) in [6.07, 6.45) is 6.79. The van der Waals surface area contributed by atoms with Crippen LogP contribution in [0.15, 0.2) is 12.3 Å². The van der Waals surface area contributed by atoms with E-state index in [2.05, 4.69) is 20.6 Å². The van der Waals surface area contributed by atoms with Crippen molar-refractivity contribution in [2.24, 2.45) is 0 Å². The first kappa shape index (κ1) is 20.2. The van der Waals surface area contributed by atoms with Crippen LogP contribution in [0.2, 0.25) is 0 Å². The van der Waals surface area contributed by atoms with Gasteiger partial charge in [-0.25, -0.2) is 0 Å². The van der Waals surface area contributed by atoms with Crippen LogP contribution in [0.1, 0.15) is 42.2 Å². The number of piperidine rings is 1. The molecule has 1 unspecified atom stereocenters. The van der Waals surface area contributed by atoms with Crippen LogP contribution in [0.3, 0.4) is 0 Å². The zero-order valence-electron chi connectivity index (χ0n) is 13.4. The third kappa shape index (κ3) is 5.64. The molecule has 1 amide bonds. The van der Waals surface area contributed by atoms with Gasteiger partial charge in [-0.3, -0.25) is 9.48 Å². The molecule has 0 aromatic carbocycles. The number of carbonyl (C=O) groups is 1.